The summed E-state index contributed by atoms with van der Waals surface area (Å²) in [5.41, 5.74) is 0. The van der Waals surface area contributed by atoms with Crippen molar-refractivity contribution in [3.63, 3.8) is 0 Å². The molecule has 0 radical (unpaired) electrons. The minimum Gasteiger partial charge on any atom is -0.394 e. The maximum absolute atomic E-state index is 11.8. The van der Waals surface area contributed by atoms with E-state index in [-0.39, 0.29) is 0 Å². The van der Waals surface area contributed by atoms with Crippen molar-refractivity contribution in [2.45, 2.75) is 266 Å². The van der Waals surface area contributed by atoms with Crippen LogP contribution in [-0.2, 0) is 85.3 Å². The lowest BCUT2D eigenvalue weighted by molar-refractivity contribution is -0.398. The molecular formula is C52H86O37. The summed E-state index contributed by atoms with van der Waals surface area (Å²) in [5, 5.41) is 216. The van der Waals surface area contributed by atoms with Gasteiger partial charge in [0.1, 0.15) is 171 Å². The van der Waals surface area contributed by atoms with E-state index < -0.39 is 274 Å². The molecular weight excluding hydrogens is 1220 g/mol. The van der Waals surface area contributed by atoms with E-state index in [0.29, 0.717) is 38.9 Å². The number of aliphatic hydroxyl groups is 19. The second-order valence-electron chi connectivity index (χ2n) is 23.5. The van der Waals surface area contributed by atoms with Crippen LogP contribution < -0.4 is 0 Å². The third-order valence-electron chi connectivity index (χ3n) is 17.6. The number of hydrogen-bond donors (Lipinski definition) is 19. The van der Waals surface area contributed by atoms with Gasteiger partial charge in [0.2, 0.25) is 0 Å². The molecule has 23 aliphatic heterocycles. The van der Waals surface area contributed by atoms with E-state index in [4.69, 9.17) is 85.3 Å². The first kappa shape index (κ1) is 70.3. The molecule has 0 aromatic rings. The van der Waals surface area contributed by atoms with Crippen LogP contribution in [0.2, 0.25) is 0 Å². The molecule has 23 saturated heterocycles. The van der Waals surface area contributed by atoms with Crippen molar-refractivity contribution in [2.24, 2.45) is 0 Å². The number of ether oxygens (including phenoxy) is 18. The predicted molar refractivity (Wildman–Crippen MR) is 273 cm³/mol. The van der Waals surface area contributed by atoms with Crippen LogP contribution in [-0.4, -0.2) is 384 Å². The number of rotatable bonds is 11. The molecule has 23 rings (SSSR count). The van der Waals surface area contributed by atoms with Crippen LogP contribution in [0.4, 0.5) is 0 Å². The van der Waals surface area contributed by atoms with Crippen molar-refractivity contribution in [1.82, 2.24) is 0 Å². The van der Waals surface area contributed by atoms with Gasteiger partial charge in [-0.3, -0.25) is 0 Å². The maximum Gasteiger partial charge on any atom is 0.187 e. The fourth-order valence-electron chi connectivity index (χ4n) is 12.5. The normalized spacial score (nSPS) is 53.2. The molecule has 0 saturated carbocycles. The second kappa shape index (κ2) is 31.2. The molecule has 19 N–H and O–H groups in total. The van der Waals surface area contributed by atoms with E-state index in [1.54, 1.807) is 0 Å². The molecule has 516 valence electrons. The molecule has 0 aromatic carbocycles. The SMILES string of the molecule is OC[C@@H]1O[C@@H]2O[C@H]3[C@H](O)[C@@H](O)[C@@H](O[C@H]4[C@H](O)[C@H](O)[C@@H](O[C@H]5[C@@H](O)[C@H](O)[C@@H](O[C@H]6[C@H](O)[C@@H](O)[C@@H](O[C@H]7[C@H](O)[C@@H](O)[C@@H](O[C@H]8[C@H](O)[C@@H](O)[C@@H](O[C@H]1[C@H](O)[C@H]2O)O[C@H]8CO)O[C@H]7CO)O[C@@H]6COC1CCCCO1)O[C@@H]5CO)O[C@@H]4CO)O[C@H]3COC1CCCCO1. The summed E-state index contributed by atoms with van der Waals surface area (Å²) in [7, 11) is 0. The molecule has 37 atom stereocenters. The van der Waals surface area contributed by atoms with E-state index in [2.05, 4.69) is 0 Å². The maximum atomic E-state index is 11.8. The highest BCUT2D eigenvalue weighted by Crippen LogP contribution is 2.39. The zero-order valence-electron chi connectivity index (χ0n) is 47.8. The average molecular weight is 1300 g/mol. The first-order valence-corrected chi connectivity index (χ1v) is 29.9. The summed E-state index contributed by atoms with van der Waals surface area (Å²) in [4.78, 5) is 0. The van der Waals surface area contributed by atoms with Gasteiger partial charge in [-0.2, -0.15) is 0 Å². The van der Waals surface area contributed by atoms with Gasteiger partial charge in [0.25, 0.3) is 0 Å². The van der Waals surface area contributed by atoms with Crippen LogP contribution in [0, 0.1) is 0 Å². The molecule has 2 unspecified atom stereocenters. The number of aliphatic hydroxyl groups excluding tert-OH is 19. The predicted octanol–water partition coefficient (Wildman–Crippen LogP) is -12.1. The summed E-state index contributed by atoms with van der Waals surface area (Å²) in [6.07, 6.45) is -67.2. The van der Waals surface area contributed by atoms with Gasteiger partial charge >= 0.3 is 0 Å². The molecule has 0 aliphatic carbocycles. The van der Waals surface area contributed by atoms with Crippen molar-refractivity contribution in [3.05, 3.63) is 0 Å². The summed E-state index contributed by atoms with van der Waals surface area (Å²) in [5.74, 6) is 0. The quantitative estimate of drug-likeness (QED) is 0.0913. The monoisotopic (exact) mass is 1300 g/mol. The summed E-state index contributed by atoms with van der Waals surface area (Å²) < 4.78 is 106. The van der Waals surface area contributed by atoms with Crippen molar-refractivity contribution in [3.8, 4) is 0 Å². The Balaban J connectivity index is 0.947. The zero-order chi connectivity index (χ0) is 63.7. The van der Waals surface area contributed by atoms with Crippen molar-refractivity contribution < 1.29 is 182 Å². The molecule has 14 bridgehead atoms. The van der Waals surface area contributed by atoms with Crippen LogP contribution in [0.1, 0.15) is 38.5 Å². The highest BCUT2D eigenvalue weighted by atomic mass is 16.8. The van der Waals surface area contributed by atoms with Crippen LogP contribution in [0.15, 0.2) is 0 Å². The Morgan fingerprint density at radius 1 is 0.236 bits per heavy atom. The standard InChI is InChI=1S/C52H86O37/c53-9-16-39-25(58)32(65)46(76-16)84-40-17(10-54)79-49(35(68)28(40)61)88-44-21(14-74-23-5-1-3-7-72-23)82-52(38(71)31(44)64)87-43-20(13-57)78-48(34(67)27(43)60)85-41-18(11-55)80-50(36(69)29(41)62)89-45-22(15-75-24-6-2-4-8-73-24)81-51(37(70)30(45)63)86-42-19(12-56)77-47(83-39)33(66)26(42)59/h16-71H,1-15H2/t16-,17-,18+,19-,20+,21-,22+,23?,24?,25+,26+,27+,28+,29-,30+,31+,32+,33+,34-,35+,36-,37+,38+,39+,40+,41+,42+,43+,44+,45+,46+,47+,48+,49+,50+,51+,52+/m0/s1. The Hall–Kier alpha value is -1.48. The lowest BCUT2D eigenvalue weighted by Gasteiger charge is -2.50. The van der Waals surface area contributed by atoms with Gasteiger partial charge in [-0.15, -0.1) is 0 Å². The highest BCUT2D eigenvalue weighted by molar-refractivity contribution is 5.02. The Bertz CT molecular complexity index is 2110. The first-order valence-electron chi connectivity index (χ1n) is 29.9. The molecule has 37 nitrogen and oxygen atoms in total. The minimum absolute atomic E-state index is 0.317. The highest BCUT2D eigenvalue weighted by Gasteiger charge is 2.60. The fraction of sp³-hybridized carbons (Fsp3) is 1.00. The largest absolute Gasteiger partial charge is 0.394 e. The molecule has 37 heteroatoms. The van der Waals surface area contributed by atoms with Crippen LogP contribution in [0.3, 0.4) is 0 Å². The summed E-state index contributed by atoms with van der Waals surface area (Å²) >= 11 is 0. The van der Waals surface area contributed by atoms with Gasteiger partial charge in [0.15, 0.2) is 56.6 Å². The molecule has 23 heterocycles. The molecule has 0 spiro atoms. The Labute approximate surface area is 506 Å². The number of hydrogen-bond acceptors (Lipinski definition) is 37. The third-order valence-corrected chi connectivity index (χ3v) is 17.6. The minimum atomic E-state index is -2.20. The lowest BCUT2D eigenvalue weighted by atomic mass is 9.95. The van der Waals surface area contributed by atoms with Gasteiger partial charge in [0, 0.05) is 13.2 Å². The summed E-state index contributed by atoms with van der Waals surface area (Å²) in [6, 6.07) is 0. The Morgan fingerprint density at radius 3 is 0.607 bits per heavy atom. The van der Waals surface area contributed by atoms with E-state index in [1.165, 1.54) is 0 Å². The molecule has 89 heavy (non-hydrogen) atoms. The smallest absolute Gasteiger partial charge is 0.187 e. The second-order valence-corrected chi connectivity index (χ2v) is 23.5. The third kappa shape index (κ3) is 15.1. The fourth-order valence-corrected chi connectivity index (χ4v) is 12.5. The first-order chi connectivity index (χ1) is 42.7. The molecule has 0 amide bonds. The van der Waals surface area contributed by atoms with Gasteiger partial charge in [0.05, 0.1) is 46.2 Å². The van der Waals surface area contributed by atoms with E-state index in [1.807, 2.05) is 0 Å². The molecule has 23 aliphatic rings. The topological polar surface area (TPSA) is 551 Å². The average Bonchev–Trinajstić information content (AvgIpc) is 1.01. The molecule has 23 fully saturated rings. The van der Waals surface area contributed by atoms with Crippen LogP contribution in [0.25, 0.3) is 0 Å². The van der Waals surface area contributed by atoms with Gasteiger partial charge < -0.3 is 182 Å². The van der Waals surface area contributed by atoms with E-state index in [9.17, 15) is 97.0 Å². The van der Waals surface area contributed by atoms with Crippen molar-refractivity contribution in [1.29, 1.82) is 0 Å². The van der Waals surface area contributed by atoms with Gasteiger partial charge in [-0.25, -0.2) is 0 Å². The van der Waals surface area contributed by atoms with Crippen molar-refractivity contribution >= 4 is 0 Å². The molecule has 0 aromatic heterocycles. The lowest BCUT2D eigenvalue weighted by Crippen LogP contribution is -2.68. The van der Waals surface area contributed by atoms with E-state index >= 15 is 0 Å². The summed E-state index contributed by atoms with van der Waals surface area (Å²) in [6.45, 7) is -5.56. The Kier molecular flexibility index (Phi) is 24.6. The Morgan fingerprint density at radius 2 is 0.427 bits per heavy atom. The van der Waals surface area contributed by atoms with Crippen LogP contribution in [0.5, 0.6) is 0 Å². The van der Waals surface area contributed by atoms with Crippen LogP contribution >= 0.6 is 0 Å². The van der Waals surface area contributed by atoms with Gasteiger partial charge in [-0.1, -0.05) is 0 Å². The zero-order valence-corrected chi connectivity index (χ0v) is 47.8. The van der Waals surface area contributed by atoms with E-state index in [0.717, 1.165) is 12.8 Å². The van der Waals surface area contributed by atoms with Crippen molar-refractivity contribution in [2.75, 3.05) is 59.5 Å². The van der Waals surface area contributed by atoms with Gasteiger partial charge in [-0.05, 0) is 38.5 Å².